The van der Waals surface area contributed by atoms with Crippen LogP contribution in [0.25, 0.3) is 17.4 Å². The van der Waals surface area contributed by atoms with Crippen LogP contribution in [0.5, 0.6) is 0 Å². The number of benzene rings is 1. The Kier molecular flexibility index (Phi) is 5.47. The largest absolute Gasteiger partial charge is 0.457 e. The average molecular weight is 380 g/mol. The zero-order chi connectivity index (χ0) is 18.7. The number of rotatable bonds is 4. The molecule has 0 spiro atoms. The number of furan rings is 1. The van der Waals surface area contributed by atoms with Gasteiger partial charge in [0.25, 0.3) is 11.6 Å². The number of likely N-dealkylation sites (N-methyl/N-ethyl adjacent to an activating group) is 1. The number of halogens is 2. The van der Waals surface area contributed by atoms with E-state index in [0.717, 1.165) is 0 Å². The summed E-state index contributed by atoms with van der Waals surface area (Å²) in [7, 11) is 3.04. The van der Waals surface area contributed by atoms with E-state index in [9.17, 15) is 14.9 Å². The minimum Gasteiger partial charge on any atom is -0.457 e. The van der Waals surface area contributed by atoms with Gasteiger partial charge in [0, 0.05) is 31.8 Å². The summed E-state index contributed by atoms with van der Waals surface area (Å²) in [6, 6.07) is 7.30. The third-order valence-electron chi connectivity index (χ3n) is 3.17. The third-order valence-corrected chi connectivity index (χ3v) is 3.78. The molecule has 128 valence electrons. The number of nitriles is 1. The molecule has 0 atom stereocenters. The Morgan fingerprint density at radius 1 is 1.32 bits per heavy atom. The average Bonchev–Trinajstić information content (AvgIpc) is 2.99. The van der Waals surface area contributed by atoms with Gasteiger partial charge in [0.1, 0.15) is 28.2 Å². The van der Waals surface area contributed by atoms with E-state index >= 15 is 0 Å². The van der Waals surface area contributed by atoms with Gasteiger partial charge in [-0.1, -0.05) is 23.2 Å². The summed E-state index contributed by atoms with van der Waals surface area (Å²) in [5.41, 5.74) is -0.149. The number of nitrogens with zero attached hydrogens (tertiary/aromatic N) is 3. The van der Waals surface area contributed by atoms with E-state index in [1.54, 1.807) is 6.07 Å². The second-order valence-corrected chi connectivity index (χ2v) is 5.93. The molecule has 0 N–H and O–H groups in total. The number of hydrogen-bond acceptors (Lipinski definition) is 5. The second-order valence-electron chi connectivity index (χ2n) is 5.11. The van der Waals surface area contributed by atoms with E-state index in [1.807, 2.05) is 0 Å². The molecule has 2 aromatic rings. The van der Waals surface area contributed by atoms with Crippen molar-refractivity contribution in [1.29, 1.82) is 5.26 Å². The van der Waals surface area contributed by atoms with Crippen molar-refractivity contribution in [2.45, 2.75) is 0 Å². The van der Waals surface area contributed by atoms with Gasteiger partial charge >= 0.3 is 0 Å². The quantitative estimate of drug-likeness (QED) is 0.343. The van der Waals surface area contributed by atoms with E-state index in [4.69, 9.17) is 32.9 Å². The molecule has 0 saturated carbocycles. The van der Waals surface area contributed by atoms with Gasteiger partial charge in [-0.25, -0.2) is 0 Å². The number of carbonyl (C=O) groups is 1. The van der Waals surface area contributed by atoms with Crippen molar-refractivity contribution >= 4 is 40.9 Å². The molecule has 0 unspecified atom stereocenters. The zero-order valence-electron chi connectivity index (χ0n) is 13.1. The fourth-order valence-corrected chi connectivity index (χ4v) is 2.51. The minimum absolute atomic E-state index is 0.0891. The summed E-state index contributed by atoms with van der Waals surface area (Å²) in [5, 5.41) is 20.2. The molecule has 0 aliphatic carbocycles. The highest BCUT2D eigenvalue weighted by atomic mass is 35.5. The molecule has 0 aliphatic heterocycles. The molecule has 0 saturated heterocycles. The van der Waals surface area contributed by atoms with Crippen molar-refractivity contribution < 1.29 is 14.1 Å². The second kappa shape index (κ2) is 7.38. The molecule has 0 bridgehead atoms. The lowest BCUT2D eigenvalue weighted by molar-refractivity contribution is -0.384. The van der Waals surface area contributed by atoms with Crippen LogP contribution in [0.2, 0.25) is 10.0 Å². The maximum atomic E-state index is 11.8. The summed E-state index contributed by atoms with van der Waals surface area (Å²) in [5.74, 6) is 0.00152. The summed E-state index contributed by atoms with van der Waals surface area (Å²) in [6.07, 6.45) is 1.28. The Labute approximate surface area is 152 Å². The van der Waals surface area contributed by atoms with Crippen LogP contribution in [0, 0.1) is 21.4 Å². The monoisotopic (exact) mass is 379 g/mol. The molecule has 9 heteroatoms. The molecule has 7 nitrogen and oxygen atoms in total. The highest BCUT2D eigenvalue weighted by Crippen LogP contribution is 2.37. The number of nitro groups is 1. The van der Waals surface area contributed by atoms with Crippen LogP contribution in [0.4, 0.5) is 5.69 Å². The third kappa shape index (κ3) is 3.99. The number of hydrogen-bond donors (Lipinski definition) is 0. The van der Waals surface area contributed by atoms with E-state index in [-0.39, 0.29) is 38.4 Å². The van der Waals surface area contributed by atoms with Crippen LogP contribution >= 0.6 is 23.2 Å². The fourth-order valence-electron chi connectivity index (χ4n) is 1.97. The highest BCUT2D eigenvalue weighted by molar-refractivity contribution is 6.37. The molecular weight excluding hydrogens is 369 g/mol. The van der Waals surface area contributed by atoms with Gasteiger partial charge in [0.05, 0.1) is 9.95 Å². The first-order chi connectivity index (χ1) is 11.7. The predicted molar refractivity (Wildman–Crippen MR) is 93.1 cm³/mol. The molecular formula is C16H11Cl2N3O4. The first-order valence-corrected chi connectivity index (χ1v) is 7.57. The van der Waals surface area contributed by atoms with E-state index < -0.39 is 10.8 Å². The normalized spacial score (nSPS) is 11.1. The Morgan fingerprint density at radius 3 is 2.56 bits per heavy atom. The summed E-state index contributed by atoms with van der Waals surface area (Å²) < 4.78 is 5.54. The smallest absolute Gasteiger partial charge is 0.288 e. The molecule has 0 aliphatic rings. The molecule has 2 rings (SSSR count). The van der Waals surface area contributed by atoms with Gasteiger partial charge in [0.2, 0.25) is 0 Å². The predicted octanol–water partition coefficient (Wildman–Crippen LogP) is 4.16. The summed E-state index contributed by atoms with van der Waals surface area (Å²) in [6.45, 7) is 0. The lowest BCUT2D eigenvalue weighted by atomic mass is 10.1. The van der Waals surface area contributed by atoms with Crippen molar-refractivity contribution in [2.75, 3.05) is 14.1 Å². The number of amides is 1. The van der Waals surface area contributed by atoms with Crippen LogP contribution < -0.4 is 0 Å². The van der Waals surface area contributed by atoms with Crippen molar-refractivity contribution in [1.82, 2.24) is 4.90 Å². The molecule has 25 heavy (non-hydrogen) atoms. The molecule has 1 aromatic heterocycles. The van der Waals surface area contributed by atoms with Crippen molar-refractivity contribution in [3.63, 3.8) is 0 Å². The first kappa shape index (κ1) is 18.5. The van der Waals surface area contributed by atoms with Crippen LogP contribution in [0.1, 0.15) is 5.76 Å². The Bertz CT molecular complexity index is 926. The van der Waals surface area contributed by atoms with E-state index in [0.29, 0.717) is 0 Å². The topological polar surface area (TPSA) is 100 Å². The Hall–Kier alpha value is -2.82. The summed E-state index contributed by atoms with van der Waals surface area (Å²) >= 11 is 11.9. The van der Waals surface area contributed by atoms with Crippen molar-refractivity contribution in [3.8, 4) is 17.4 Å². The van der Waals surface area contributed by atoms with Gasteiger partial charge in [-0.05, 0) is 18.2 Å². The molecule has 1 heterocycles. The lowest BCUT2D eigenvalue weighted by Crippen LogP contribution is -2.22. The van der Waals surface area contributed by atoms with Gasteiger partial charge in [0.15, 0.2) is 0 Å². The van der Waals surface area contributed by atoms with Crippen molar-refractivity contribution in [2.24, 2.45) is 0 Å². The van der Waals surface area contributed by atoms with Gasteiger partial charge in [-0.3, -0.25) is 14.9 Å². The highest BCUT2D eigenvalue weighted by Gasteiger charge is 2.19. The minimum atomic E-state index is -0.630. The Morgan fingerprint density at radius 2 is 2.00 bits per heavy atom. The number of carbonyl (C=O) groups excluding carboxylic acids is 1. The van der Waals surface area contributed by atoms with Gasteiger partial charge in [-0.15, -0.1) is 0 Å². The molecule has 1 aromatic carbocycles. The fraction of sp³-hybridized carbons (Fsp3) is 0.125. The zero-order valence-corrected chi connectivity index (χ0v) is 14.6. The lowest BCUT2D eigenvalue weighted by Gasteiger charge is -2.07. The van der Waals surface area contributed by atoms with Crippen LogP contribution in [-0.4, -0.2) is 29.8 Å². The first-order valence-electron chi connectivity index (χ1n) is 6.81. The van der Waals surface area contributed by atoms with E-state index in [2.05, 4.69) is 0 Å². The van der Waals surface area contributed by atoms with E-state index in [1.165, 1.54) is 49.3 Å². The van der Waals surface area contributed by atoms with Gasteiger partial charge in [-0.2, -0.15) is 5.26 Å². The molecule has 1 amide bonds. The number of nitro benzene ring substituents is 1. The maximum Gasteiger partial charge on any atom is 0.288 e. The van der Waals surface area contributed by atoms with Crippen LogP contribution in [0.15, 0.2) is 34.3 Å². The van der Waals surface area contributed by atoms with Crippen LogP contribution in [-0.2, 0) is 4.79 Å². The Balaban J connectivity index is 2.46. The van der Waals surface area contributed by atoms with Gasteiger partial charge < -0.3 is 9.32 Å². The SMILES string of the molecule is CN(C)C(=O)/C(C#N)=C\c1ccc(-c2cc([N+](=O)[O-])c(Cl)cc2Cl)o1. The molecule has 0 fully saturated rings. The summed E-state index contributed by atoms with van der Waals surface area (Å²) in [4.78, 5) is 23.5. The maximum absolute atomic E-state index is 11.8. The van der Waals surface area contributed by atoms with Crippen molar-refractivity contribution in [3.05, 3.63) is 55.8 Å². The molecule has 0 radical (unpaired) electrons. The van der Waals surface area contributed by atoms with Crippen LogP contribution in [0.3, 0.4) is 0 Å². The standard InChI is InChI=1S/C16H11Cl2N3O4/c1-20(2)16(22)9(8-19)5-10-3-4-15(25-10)11-6-14(21(23)24)13(18)7-12(11)17/h3-7H,1-2H3/b9-5-.